The van der Waals surface area contributed by atoms with E-state index in [0.717, 1.165) is 49.6 Å². The second kappa shape index (κ2) is 7.92. The van der Waals surface area contributed by atoms with Gasteiger partial charge in [-0.1, -0.05) is 6.07 Å². The fourth-order valence-electron chi connectivity index (χ4n) is 3.15. The van der Waals surface area contributed by atoms with Crippen molar-refractivity contribution in [3.05, 3.63) is 59.4 Å². The number of furan rings is 1. The quantitative estimate of drug-likeness (QED) is 0.447. The van der Waals surface area contributed by atoms with Gasteiger partial charge in [0.05, 0.1) is 13.4 Å². The van der Waals surface area contributed by atoms with Crippen molar-refractivity contribution in [1.29, 1.82) is 0 Å². The smallest absolute Gasteiger partial charge is 0.248 e. The van der Waals surface area contributed by atoms with E-state index in [1.54, 1.807) is 31.2 Å². The van der Waals surface area contributed by atoms with Crippen LogP contribution in [0.3, 0.4) is 0 Å². The molecular weight excluding hydrogens is 358 g/mol. The zero-order valence-electron chi connectivity index (χ0n) is 16.2. The van der Waals surface area contributed by atoms with Gasteiger partial charge in [-0.3, -0.25) is 4.79 Å². The van der Waals surface area contributed by atoms with E-state index < -0.39 is 0 Å². The molecule has 0 bridgehead atoms. The minimum atomic E-state index is -0.172. The van der Waals surface area contributed by atoms with Crippen LogP contribution in [0.25, 0.3) is 16.5 Å². The van der Waals surface area contributed by atoms with E-state index >= 15 is 0 Å². The second-order valence-corrected chi connectivity index (χ2v) is 7.31. The summed E-state index contributed by atoms with van der Waals surface area (Å²) in [5.74, 6) is 0.553. The number of methoxy groups -OCH3 is 1. The number of hydrogen-bond acceptors (Lipinski definition) is 4. The minimum Gasteiger partial charge on any atom is -0.496 e. The van der Waals surface area contributed by atoms with E-state index in [4.69, 9.17) is 9.15 Å². The molecule has 140 valence electrons. The van der Waals surface area contributed by atoms with Crippen LogP contribution in [-0.4, -0.2) is 19.3 Å². The normalized spacial score (nSPS) is 11.7. The Morgan fingerprint density at radius 2 is 2.04 bits per heavy atom. The maximum absolute atomic E-state index is 12.5. The number of carbonyl (C=O) groups is 1. The molecule has 4 nitrogen and oxygen atoms in total. The van der Waals surface area contributed by atoms with E-state index in [-0.39, 0.29) is 5.91 Å². The van der Waals surface area contributed by atoms with Crippen LogP contribution in [0.15, 0.2) is 52.0 Å². The number of allylic oxidation sites excluding steroid dienone is 1. The molecule has 1 aromatic heterocycles. The monoisotopic (exact) mass is 381 g/mol. The first-order valence-electron chi connectivity index (χ1n) is 8.63. The minimum absolute atomic E-state index is 0.172. The Labute approximate surface area is 163 Å². The molecule has 0 spiro atoms. The zero-order valence-corrected chi connectivity index (χ0v) is 17.0. The lowest BCUT2D eigenvalue weighted by Gasteiger charge is -2.13. The number of ether oxygens (including phenoxy) is 1. The summed E-state index contributed by atoms with van der Waals surface area (Å²) in [6, 6.07) is 9.80. The highest BCUT2D eigenvalue weighted by Gasteiger charge is 2.16. The van der Waals surface area contributed by atoms with Gasteiger partial charge in [-0.25, -0.2) is 0 Å². The van der Waals surface area contributed by atoms with Gasteiger partial charge in [0.25, 0.3) is 0 Å². The summed E-state index contributed by atoms with van der Waals surface area (Å²) in [6.45, 7) is 5.89. The van der Waals surface area contributed by atoms with Crippen LogP contribution in [0.5, 0.6) is 5.75 Å². The Balaban J connectivity index is 1.95. The predicted octanol–water partition coefficient (Wildman–Crippen LogP) is 5.82. The summed E-state index contributed by atoms with van der Waals surface area (Å²) in [4.78, 5) is 13.6. The van der Waals surface area contributed by atoms with Crippen LogP contribution in [-0.2, 0) is 4.79 Å². The van der Waals surface area contributed by atoms with Crippen LogP contribution in [0.4, 0.5) is 5.69 Å². The summed E-state index contributed by atoms with van der Waals surface area (Å²) in [5.41, 5.74) is 5.30. The van der Waals surface area contributed by atoms with Crippen LogP contribution in [0, 0.1) is 13.8 Å². The first kappa shape index (κ1) is 19.1. The van der Waals surface area contributed by atoms with Gasteiger partial charge in [-0.05, 0) is 62.4 Å². The van der Waals surface area contributed by atoms with Crippen molar-refractivity contribution in [2.45, 2.75) is 25.7 Å². The van der Waals surface area contributed by atoms with Gasteiger partial charge in [0.2, 0.25) is 5.91 Å². The molecular formula is C22H23NO3S. The average molecular weight is 381 g/mol. The third-order valence-corrected chi connectivity index (χ3v) is 5.28. The highest BCUT2D eigenvalue weighted by molar-refractivity contribution is 7.98. The largest absolute Gasteiger partial charge is 0.496 e. The van der Waals surface area contributed by atoms with Crippen molar-refractivity contribution in [3.63, 3.8) is 0 Å². The van der Waals surface area contributed by atoms with Crippen LogP contribution >= 0.6 is 11.8 Å². The molecule has 1 amide bonds. The third-order valence-electron chi connectivity index (χ3n) is 4.55. The van der Waals surface area contributed by atoms with Gasteiger partial charge in [-0.2, -0.15) is 0 Å². The molecule has 0 saturated carbocycles. The number of benzene rings is 2. The molecule has 0 fully saturated rings. The lowest BCUT2D eigenvalue weighted by atomic mass is 9.98. The SMILES string of the molecule is COc1c(/C(C)=C/C(=O)Nc2cccc(SC)c2)cc2c(C)coc2c1C. The van der Waals surface area contributed by atoms with Gasteiger partial charge < -0.3 is 14.5 Å². The molecule has 1 N–H and O–H groups in total. The average Bonchev–Trinajstić information content (AvgIpc) is 3.02. The highest BCUT2D eigenvalue weighted by Crippen LogP contribution is 2.37. The maximum atomic E-state index is 12.5. The predicted molar refractivity (Wildman–Crippen MR) is 113 cm³/mol. The summed E-state index contributed by atoms with van der Waals surface area (Å²) in [7, 11) is 1.63. The van der Waals surface area contributed by atoms with E-state index in [9.17, 15) is 4.79 Å². The lowest BCUT2D eigenvalue weighted by Crippen LogP contribution is -2.08. The van der Waals surface area contributed by atoms with Gasteiger partial charge in [0.15, 0.2) is 0 Å². The zero-order chi connectivity index (χ0) is 19.6. The first-order valence-corrected chi connectivity index (χ1v) is 9.86. The molecule has 27 heavy (non-hydrogen) atoms. The Hall–Kier alpha value is -2.66. The summed E-state index contributed by atoms with van der Waals surface area (Å²) >= 11 is 1.64. The number of fused-ring (bicyclic) bond motifs is 1. The number of rotatable bonds is 5. The van der Waals surface area contributed by atoms with E-state index in [1.165, 1.54) is 0 Å². The van der Waals surface area contributed by atoms with Crippen molar-refractivity contribution in [3.8, 4) is 5.75 Å². The summed E-state index contributed by atoms with van der Waals surface area (Å²) in [6.07, 6.45) is 5.35. The number of amides is 1. The molecule has 2 aromatic carbocycles. The first-order chi connectivity index (χ1) is 12.9. The number of aryl methyl sites for hydroxylation is 2. The Bertz CT molecular complexity index is 1030. The lowest BCUT2D eigenvalue weighted by molar-refractivity contribution is -0.111. The standard InChI is InChI=1S/C22H23NO3S/c1-13(9-20(24)23-16-7-6-8-17(10-16)27-5)18-11-19-14(2)12-26-22(19)15(3)21(18)25-4/h6-12H,1-5H3,(H,23,24)/b13-9+. The van der Waals surface area contributed by atoms with Crippen LogP contribution < -0.4 is 10.1 Å². The van der Waals surface area contributed by atoms with Gasteiger partial charge in [-0.15, -0.1) is 11.8 Å². The summed E-state index contributed by atoms with van der Waals surface area (Å²) < 4.78 is 11.3. The van der Waals surface area contributed by atoms with Crippen molar-refractivity contribution in [2.75, 3.05) is 18.7 Å². The number of nitrogens with one attached hydrogen (secondary N) is 1. The molecule has 3 rings (SSSR count). The fourth-order valence-corrected chi connectivity index (χ4v) is 3.61. The summed E-state index contributed by atoms with van der Waals surface area (Å²) in [5, 5.41) is 3.96. The highest BCUT2D eigenvalue weighted by atomic mass is 32.2. The molecule has 0 radical (unpaired) electrons. The van der Waals surface area contributed by atoms with Crippen molar-refractivity contribution in [2.24, 2.45) is 0 Å². The topological polar surface area (TPSA) is 51.5 Å². The van der Waals surface area contributed by atoms with Gasteiger partial charge in [0.1, 0.15) is 11.3 Å². The van der Waals surface area contributed by atoms with Crippen LogP contribution in [0.1, 0.15) is 23.6 Å². The van der Waals surface area contributed by atoms with Crippen molar-refractivity contribution < 1.29 is 13.9 Å². The molecule has 0 aliphatic carbocycles. The second-order valence-electron chi connectivity index (χ2n) is 6.43. The molecule has 0 saturated heterocycles. The molecule has 0 unspecified atom stereocenters. The molecule has 0 aliphatic rings. The Morgan fingerprint density at radius 3 is 2.74 bits per heavy atom. The Morgan fingerprint density at radius 1 is 1.26 bits per heavy atom. The van der Waals surface area contributed by atoms with Gasteiger partial charge >= 0.3 is 0 Å². The number of hydrogen-bond donors (Lipinski definition) is 1. The van der Waals surface area contributed by atoms with E-state index in [1.807, 2.05) is 57.4 Å². The Kier molecular flexibility index (Phi) is 5.61. The van der Waals surface area contributed by atoms with E-state index in [2.05, 4.69) is 5.32 Å². The van der Waals surface area contributed by atoms with Crippen molar-refractivity contribution in [1.82, 2.24) is 0 Å². The van der Waals surface area contributed by atoms with Crippen LogP contribution in [0.2, 0.25) is 0 Å². The van der Waals surface area contributed by atoms with E-state index in [0.29, 0.717) is 0 Å². The fraction of sp³-hybridized carbons (Fsp3) is 0.227. The molecule has 0 aliphatic heterocycles. The molecule has 0 atom stereocenters. The number of anilines is 1. The molecule has 1 heterocycles. The number of carbonyl (C=O) groups excluding carboxylic acids is 1. The number of thioether (sulfide) groups is 1. The van der Waals surface area contributed by atoms with Crippen molar-refractivity contribution >= 4 is 39.9 Å². The molecule has 3 aromatic rings. The molecule has 5 heteroatoms. The van der Waals surface area contributed by atoms with Gasteiger partial charge in [0, 0.05) is 33.2 Å². The maximum Gasteiger partial charge on any atom is 0.248 e. The third kappa shape index (κ3) is 3.88.